The van der Waals surface area contributed by atoms with Crippen molar-refractivity contribution in [2.24, 2.45) is 10.7 Å². The van der Waals surface area contributed by atoms with Crippen molar-refractivity contribution in [2.45, 2.75) is 70.1 Å². The summed E-state index contributed by atoms with van der Waals surface area (Å²) >= 11 is 0. The number of aliphatic imine (C=N–C) groups is 1. The predicted molar refractivity (Wildman–Crippen MR) is 177 cm³/mol. The average Bonchev–Trinajstić information content (AvgIpc) is 3.62. The molecule has 0 bridgehead atoms. The predicted octanol–water partition coefficient (Wildman–Crippen LogP) is 4.60. The Morgan fingerprint density at radius 3 is 2.89 bits per heavy atom. The topological polar surface area (TPSA) is 117 Å². The van der Waals surface area contributed by atoms with Gasteiger partial charge in [0.15, 0.2) is 0 Å². The minimum absolute atomic E-state index is 0.164. The molecule has 44 heavy (non-hydrogen) atoms. The maximum Gasteiger partial charge on any atom is 0.135 e. The fraction of sp³-hybridized carbons (Fsp3) is 0.500. The van der Waals surface area contributed by atoms with Gasteiger partial charge < -0.3 is 30.7 Å². The lowest BCUT2D eigenvalue weighted by atomic mass is 9.89. The Kier molecular flexibility index (Phi) is 8.75. The summed E-state index contributed by atoms with van der Waals surface area (Å²) in [5, 5.41) is 19.1. The molecule has 5 heterocycles. The Labute approximate surface area is 260 Å². The van der Waals surface area contributed by atoms with Crippen LogP contribution in [0.5, 0.6) is 0 Å². The van der Waals surface area contributed by atoms with Gasteiger partial charge in [0, 0.05) is 67.6 Å². The number of fused-ring (bicyclic) bond motifs is 1. The Balaban J connectivity index is 1.40. The molecule has 3 unspecified atom stereocenters. The van der Waals surface area contributed by atoms with Crippen molar-refractivity contribution >= 4 is 22.7 Å². The van der Waals surface area contributed by atoms with Crippen LogP contribution in [0.2, 0.25) is 0 Å². The van der Waals surface area contributed by atoms with Gasteiger partial charge >= 0.3 is 0 Å². The molecule has 3 atom stereocenters. The lowest BCUT2D eigenvalue weighted by Crippen LogP contribution is -2.30. The van der Waals surface area contributed by atoms with Crippen molar-refractivity contribution in [3.63, 3.8) is 0 Å². The number of aliphatic hydroxyl groups is 1. The van der Waals surface area contributed by atoms with Crippen LogP contribution in [0, 0.1) is 0 Å². The monoisotopic (exact) mass is 598 g/mol. The summed E-state index contributed by atoms with van der Waals surface area (Å²) in [6.45, 7) is 7.30. The fourth-order valence-corrected chi connectivity index (χ4v) is 6.69. The molecular weight excluding hydrogens is 552 g/mol. The molecule has 10 nitrogen and oxygen atoms in total. The number of anilines is 2. The molecule has 2 fully saturated rings. The second-order valence-electron chi connectivity index (χ2n) is 12.8. The van der Waals surface area contributed by atoms with E-state index in [0.717, 1.165) is 84.5 Å². The number of hydrogen-bond acceptors (Lipinski definition) is 8. The van der Waals surface area contributed by atoms with Crippen molar-refractivity contribution in [1.29, 1.82) is 0 Å². The molecule has 2 saturated heterocycles. The van der Waals surface area contributed by atoms with Crippen LogP contribution in [0.3, 0.4) is 0 Å². The summed E-state index contributed by atoms with van der Waals surface area (Å²) in [6.07, 6.45) is 17.1. The van der Waals surface area contributed by atoms with E-state index < -0.39 is 5.60 Å². The van der Waals surface area contributed by atoms with Gasteiger partial charge in [0.1, 0.15) is 5.84 Å². The molecular formula is C34H46N8O2. The van der Waals surface area contributed by atoms with Crippen LogP contribution in [0.25, 0.3) is 16.6 Å². The van der Waals surface area contributed by atoms with Crippen LogP contribution in [0.1, 0.15) is 57.9 Å². The molecule has 0 saturated carbocycles. The molecule has 6 rings (SSSR count). The van der Waals surface area contributed by atoms with E-state index >= 15 is 0 Å². The summed E-state index contributed by atoms with van der Waals surface area (Å²) in [7, 11) is 4.37. The molecule has 10 heteroatoms. The molecule has 0 aromatic carbocycles. The summed E-state index contributed by atoms with van der Waals surface area (Å²) in [4.78, 5) is 14.3. The van der Waals surface area contributed by atoms with Crippen molar-refractivity contribution in [1.82, 2.24) is 19.5 Å². The van der Waals surface area contributed by atoms with Crippen LogP contribution >= 0.6 is 0 Å². The largest absolute Gasteiger partial charge is 0.386 e. The van der Waals surface area contributed by atoms with Crippen LogP contribution < -0.4 is 16.0 Å². The normalized spacial score (nSPS) is 24.9. The summed E-state index contributed by atoms with van der Waals surface area (Å²) < 4.78 is 7.61. The number of allylic oxidation sites excluding steroid dienone is 1. The number of pyridine rings is 1. The van der Waals surface area contributed by atoms with Crippen molar-refractivity contribution < 1.29 is 9.84 Å². The summed E-state index contributed by atoms with van der Waals surface area (Å²) in [5.41, 5.74) is 13.7. The Bertz CT molecular complexity index is 1580. The first-order chi connectivity index (χ1) is 21.2. The lowest BCUT2D eigenvalue weighted by molar-refractivity contribution is 0.109. The lowest BCUT2D eigenvalue weighted by Gasteiger charge is -2.26. The zero-order valence-corrected chi connectivity index (χ0v) is 26.5. The third-order valence-electron chi connectivity index (χ3n) is 9.27. The van der Waals surface area contributed by atoms with E-state index in [1.54, 1.807) is 12.3 Å². The summed E-state index contributed by atoms with van der Waals surface area (Å²) in [5.74, 6) is 0.387. The van der Waals surface area contributed by atoms with Crippen LogP contribution in [0.15, 0.2) is 65.3 Å². The zero-order valence-electron chi connectivity index (χ0n) is 26.5. The molecule has 0 radical (unpaired) electrons. The number of nitrogens with two attached hydrogens (primary N) is 1. The SMILES string of the molecule is CCC1=C(N=C(N)c2cnn3cc(-c4cnccc4N4CCCC(N(C)C)CC4)cc3c2NC2CCOC2)C=CC(C)(O)C1. The van der Waals surface area contributed by atoms with Crippen LogP contribution in [0.4, 0.5) is 11.4 Å². The van der Waals surface area contributed by atoms with Gasteiger partial charge in [0.2, 0.25) is 0 Å². The molecule has 3 aromatic heterocycles. The van der Waals surface area contributed by atoms with Gasteiger partial charge in [-0.2, -0.15) is 5.10 Å². The molecule has 2 aliphatic heterocycles. The number of aromatic nitrogens is 3. The van der Waals surface area contributed by atoms with E-state index in [0.29, 0.717) is 24.9 Å². The minimum Gasteiger partial charge on any atom is -0.386 e. The van der Waals surface area contributed by atoms with E-state index in [1.807, 2.05) is 29.9 Å². The van der Waals surface area contributed by atoms with Gasteiger partial charge in [-0.05, 0) is 76.9 Å². The molecule has 1 aliphatic carbocycles. The van der Waals surface area contributed by atoms with Gasteiger partial charge in [0.05, 0.1) is 46.9 Å². The number of nitrogens with one attached hydrogen (secondary N) is 1. The Hall–Kier alpha value is -3.73. The highest BCUT2D eigenvalue weighted by atomic mass is 16.5. The highest BCUT2D eigenvalue weighted by Gasteiger charge is 2.26. The van der Waals surface area contributed by atoms with Crippen LogP contribution in [-0.4, -0.2) is 88.5 Å². The number of ether oxygens (including phenoxy) is 1. The van der Waals surface area contributed by atoms with Crippen molar-refractivity contribution in [3.05, 3.63) is 65.9 Å². The Morgan fingerprint density at radius 2 is 2.11 bits per heavy atom. The van der Waals surface area contributed by atoms with E-state index in [1.165, 1.54) is 12.1 Å². The maximum absolute atomic E-state index is 10.6. The Morgan fingerprint density at radius 1 is 1.25 bits per heavy atom. The molecule has 0 amide bonds. The number of amidine groups is 1. The second-order valence-corrected chi connectivity index (χ2v) is 12.8. The van der Waals surface area contributed by atoms with Gasteiger partial charge in [0.25, 0.3) is 0 Å². The molecule has 234 valence electrons. The molecule has 3 aliphatic rings. The van der Waals surface area contributed by atoms with E-state index in [4.69, 9.17) is 20.6 Å². The minimum atomic E-state index is -0.871. The molecule has 0 spiro atoms. The number of nitrogens with zero attached hydrogens (tertiary/aromatic N) is 6. The van der Waals surface area contributed by atoms with Gasteiger partial charge in [-0.3, -0.25) is 4.98 Å². The zero-order chi connectivity index (χ0) is 30.8. The highest BCUT2D eigenvalue weighted by Crippen LogP contribution is 2.36. The molecule has 3 aromatic rings. The average molecular weight is 599 g/mol. The van der Waals surface area contributed by atoms with Gasteiger partial charge in [-0.25, -0.2) is 9.51 Å². The summed E-state index contributed by atoms with van der Waals surface area (Å²) in [6, 6.07) is 5.08. The van der Waals surface area contributed by atoms with E-state index in [9.17, 15) is 5.11 Å². The third kappa shape index (κ3) is 6.38. The van der Waals surface area contributed by atoms with E-state index in [-0.39, 0.29) is 6.04 Å². The number of rotatable bonds is 8. The van der Waals surface area contributed by atoms with Crippen LogP contribution in [-0.2, 0) is 4.74 Å². The first-order valence-electron chi connectivity index (χ1n) is 15.9. The number of hydrogen-bond donors (Lipinski definition) is 3. The second kappa shape index (κ2) is 12.7. The quantitative estimate of drug-likeness (QED) is 0.255. The first kappa shape index (κ1) is 30.3. The van der Waals surface area contributed by atoms with Gasteiger partial charge in [-0.15, -0.1) is 0 Å². The van der Waals surface area contributed by atoms with Gasteiger partial charge in [-0.1, -0.05) is 13.0 Å². The standard InChI is InChI=1S/C34H46N8O2/c1-5-23-18-34(2,43)12-8-29(23)39-33(35)28-20-37-42-21-24(17-31(42)32(28)38-25-11-16-44-22-25)27-19-36-13-9-30(27)41-14-6-7-26(10-15-41)40(3)4/h8-9,12-13,17,19-21,25-26,38,43H,5-7,10-11,14-16,18,22H2,1-4H3,(H2,35,39). The maximum atomic E-state index is 10.6. The molecule has 4 N–H and O–H groups in total. The third-order valence-corrected chi connectivity index (χ3v) is 9.27. The highest BCUT2D eigenvalue weighted by molar-refractivity contribution is 6.06. The fourth-order valence-electron chi connectivity index (χ4n) is 6.69. The van der Waals surface area contributed by atoms with E-state index in [2.05, 4.69) is 59.4 Å². The smallest absolute Gasteiger partial charge is 0.135 e. The van der Waals surface area contributed by atoms with Crippen molar-refractivity contribution in [3.8, 4) is 11.1 Å². The first-order valence-corrected chi connectivity index (χ1v) is 15.9. The van der Waals surface area contributed by atoms with Crippen molar-refractivity contribution in [2.75, 3.05) is 50.6 Å².